The molecule has 3 rings (SSSR count). The molecule has 0 saturated heterocycles. The summed E-state index contributed by atoms with van der Waals surface area (Å²) in [5.41, 5.74) is 1.92. The highest BCUT2D eigenvalue weighted by atomic mass is 35.5. The Bertz CT molecular complexity index is 965. The molecule has 0 bridgehead atoms. The number of aromatic nitrogens is 3. The lowest BCUT2D eigenvalue weighted by atomic mass is 10.1. The first-order valence-electron chi connectivity index (χ1n) is 9.30. The highest BCUT2D eigenvalue weighted by Gasteiger charge is 2.14. The number of aromatic amines is 1. The van der Waals surface area contributed by atoms with Crippen molar-refractivity contribution in [3.05, 3.63) is 39.1 Å². The maximum absolute atomic E-state index is 6.38. The summed E-state index contributed by atoms with van der Waals surface area (Å²) in [6.07, 6.45) is 5.16. The van der Waals surface area contributed by atoms with Gasteiger partial charge in [-0.05, 0) is 25.5 Å². The molecule has 0 aromatic carbocycles. The molecule has 0 saturated carbocycles. The average Bonchev–Trinajstić information content (AvgIpc) is 3.23. The van der Waals surface area contributed by atoms with Crippen molar-refractivity contribution in [3.63, 3.8) is 0 Å². The van der Waals surface area contributed by atoms with E-state index in [1.54, 1.807) is 17.5 Å². The van der Waals surface area contributed by atoms with E-state index >= 15 is 0 Å². The predicted octanol–water partition coefficient (Wildman–Crippen LogP) is 5.14. The van der Waals surface area contributed by atoms with Gasteiger partial charge in [0.15, 0.2) is 5.13 Å². The number of anilines is 1. The lowest BCUT2D eigenvalue weighted by Crippen LogP contribution is -2.37. The van der Waals surface area contributed by atoms with Gasteiger partial charge in [-0.15, -0.1) is 11.3 Å². The third-order valence-corrected chi connectivity index (χ3v) is 5.88. The Morgan fingerprint density at radius 1 is 1.36 bits per heavy atom. The molecule has 0 radical (unpaired) electrons. The van der Waals surface area contributed by atoms with E-state index in [0.29, 0.717) is 16.6 Å². The van der Waals surface area contributed by atoms with Gasteiger partial charge in [0, 0.05) is 49.8 Å². The van der Waals surface area contributed by atoms with E-state index in [-0.39, 0.29) is 6.04 Å². The SMILES string of the molecule is CCN=C(CC)NC(C)CNc1nc(Cl)c(Cc2c[nH]c3ncc(Cl)cc23)s1. The molecule has 3 aromatic rings. The van der Waals surface area contributed by atoms with E-state index in [9.17, 15) is 0 Å². The van der Waals surface area contributed by atoms with Crippen LogP contribution < -0.4 is 10.6 Å². The van der Waals surface area contributed by atoms with E-state index in [2.05, 4.69) is 44.4 Å². The van der Waals surface area contributed by atoms with Crippen LogP contribution in [-0.2, 0) is 6.42 Å². The average molecular weight is 439 g/mol. The number of H-pyrrole nitrogens is 1. The molecular formula is C19H24Cl2N6S. The zero-order valence-electron chi connectivity index (χ0n) is 16.1. The molecule has 150 valence electrons. The van der Waals surface area contributed by atoms with Gasteiger partial charge >= 0.3 is 0 Å². The number of hydrogen-bond donors (Lipinski definition) is 3. The molecule has 0 aliphatic heterocycles. The van der Waals surface area contributed by atoms with E-state index in [1.807, 2.05) is 19.2 Å². The van der Waals surface area contributed by atoms with E-state index < -0.39 is 0 Å². The van der Waals surface area contributed by atoms with Crippen LogP contribution in [0.15, 0.2) is 23.5 Å². The van der Waals surface area contributed by atoms with Crippen molar-refractivity contribution in [2.45, 2.75) is 39.7 Å². The molecule has 3 aromatic heterocycles. The molecule has 0 aliphatic rings. The van der Waals surface area contributed by atoms with Gasteiger partial charge in [0.1, 0.15) is 10.8 Å². The highest BCUT2D eigenvalue weighted by Crippen LogP contribution is 2.31. The molecule has 3 N–H and O–H groups in total. The van der Waals surface area contributed by atoms with Crippen LogP contribution in [0.25, 0.3) is 11.0 Å². The highest BCUT2D eigenvalue weighted by molar-refractivity contribution is 7.16. The quantitative estimate of drug-likeness (QED) is 0.336. The maximum Gasteiger partial charge on any atom is 0.184 e. The first-order valence-corrected chi connectivity index (χ1v) is 10.9. The largest absolute Gasteiger partial charge is 0.370 e. The van der Waals surface area contributed by atoms with Crippen molar-refractivity contribution in [2.24, 2.45) is 4.99 Å². The number of pyridine rings is 1. The van der Waals surface area contributed by atoms with Gasteiger partial charge in [0.05, 0.1) is 15.7 Å². The molecule has 0 amide bonds. The molecule has 0 spiro atoms. The Morgan fingerprint density at radius 2 is 2.18 bits per heavy atom. The van der Waals surface area contributed by atoms with Crippen LogP contribution in [0, 0.1) is 0 Å². The Morgan fingerprint density at radius 3 is 2.93 bits per heavy atom. The molecule has 1 unspecified atom stereocenters. The smallest absolute Gasteiger partial charge is 0.184 e. The van der Waals surface area contributed by atoms with Crippen molar-refractivity contribution in [2.75, 3.05) is 18.4 Å². The van der Waals surface area contributed by atoms with Crippen LogP contribution in [0.2, 0.25) is 10.2 Å². The number of hydrogen-bond acceptors (Lipinski definition) is 5. The summed E-state index contributed by atoms with van der Waals surface area (Å²) in [5.74, 6) is 1.03. The van der Waals surface area contributed by atoms with Crippen LogP contribution in [0.1, 0.15) is 37.6 Å². The summed E-state index contributed by atoms with van der Waals surface area (Å²) in [6.45, 7) is 7.78. The zero-order chi connectivity index (χ0) is 20.1. The second-order valence-electron chi connectivity index (χ2n) is 6.47. The lowest BCUT2D eigenvalue weighted by Gasteiger charge is -2.16. The maximum atomic E-state index is 6.38. The summed E-state index contributed by atoms with van der Waals surface area (Å²) in [7, 11) is 0. The number of thiazole rings is 1. The minimum absolute atomic E-state index is 0.234. The minimum Gasteiger partial charge on any atom is -0.370 e. The number of nitrogens with zero attached hydrogens (tertiary/aromatic N) is 3. The fraction of sp³-hybridized carbons (Fsp3) is 0.421. The lowest BCUT2D eigenvalue weighted by molar-refractivity contribution is 0.684. The van der Waals surface area contributed by atoms with Gasteiger partial charge in [0.25, 0.3) is 0 Å². The zero-order valence-corrected chi connectivity index (χ0v) is 18.5. The van der Waals surface area contributed by atoms with Crippen LogP contribution in [0.3, 0.4) is 0 Å². The molecule has 28 heavy (non-hydrogen) atoms. The third-order valence-electron chi connectivity index (χ3n) is 4.24. The van der Waals surface area contributed by atoms with Gasteiger partial charge in [-0.25, -0.2) is 9.97 Å². The van der Waals surface area contributed by atoms with E-state index in [0.717, 1.165) is 52.0 Å². The molecule has 0 aliphatic carbocycles. The summed E-state index contributed by atoms with van der Waals surface area (Å²) in [6, 6.07) is 2.15. The van der Waals surface area contributed by atoms with Crippen LogP contribution in [-0.4, -0.2) is 39.9 Å². The van der Waals surface area contributed by atoms with Crippen LogP contribution in [0.4, 0.5) is 5.13 Å². The summed E-state index contributed by atoms with van der Waals surface area (Å²) in [4.78, 5) is 17.4. The fourth-order valence-electron chi connectivity index (χ4n) is 2.90. The number of halogens is 2. The molecular weight excluding hydrogens is 415 g/mol. The van der Waals surface area contributed by atoms with Crippen LogP contribution >= 0.6 is 34.5 Å². The van der Waals surface area contributed by atoms with Crippen molar-refractivity contribution in [1.82, 2.24) is 20.3 Å². The third kappa shape index (κ3) is 5.16. The first kappa shape index (κ1) is 20.9. The topological polar surface area (TPSA) is 78.0 Å². The van der Waals surface area contributed by atoms with Gasteiger partial charge in [-0.2, -0.15) is 0 Å². The van der Waals surface area contributed by atoms with Crippen molar-refractivity contribution in [3.8, 4) is 0 Å². The normalized spacial score (nSPS) is 13.1. The van der Waals surface area contributed by atoms with Crippen molar-refractivity contribution < 1.29 is 0 Å². The van der Waals surface area contributed by atoms with Gasteiger partial charge in [0.2, 0.25) is 0 Å². The number of aliphatic imine (C=N–C) groups is 1. The molecule has 0 fully saturated rings. The Labute approximate surface area is 178 Å². The standard InChI is InChI=1S/C19H24Cl2N6S/c1-4-16(22-5-2)26-11(3)8-25-19-27-17(21)15(28-19)6-12-9-23-18-14(12)7-13(20)10-24-18/h7,9-11H,4-6,8H2,1-3H3,(H,22,26)(H,23,24)(H,25,27). The molecule has 3 heterocycles. The molecule has 6 nitrogen and oxygen atoms in total. The van der Waals surface area contributed by atoms with Gasteiger partial charge in [-0.3, -0.25) is 4.99 Å². The van der Waals surface area contributed by atoms with Crippen LogP contribution in [0.5, 0.6) is 0 Å². The van der Waals surface area contributed by atoms with E-state index in [1.165, 1.54) is 0 Å². The Balaban J connectivity index is 1.64. The molecule has 9 heteroatoms. The summed E-state index contributed by atoms with van der Waals surface area (Å²) < 4.78 is 0. The summed E-state index contributed by atoms with van der Waals surface area (Å²) >= 11 is 14.0. The Hall–Kier alpha value is -1.83. The number of amidine groups is 1. The second-order valence-corrected chi connectivity index (χ2v) is 8.35. The van der Waals surface area contributed by atoms with Crippen molar-refractivity contribution in [1.29, 1.82) is 0 Å². The number of rotatable bonds is 8. The van der Waals surface area contributed by atoms with Gasteiger partial charge in [-0.1, -0.05) is 30.1 Å². The Kier molecular flexibility index (Phi) is 7.15. The van der Waals surface area contributed by atoms with Crippen molar-refractivity contribution >= 4 is 56.5 Å². The van der Waals surface area contributed by atoms with E-state index in [4.69, 9.17) is 23.2 Å². The fourth-order valence-corrected chi connectivity index (χ4v) is 4.25. The number of fused-ring (bicyclic) bond motifs is 1. The number of nitrogens with one attached hydrogen (secondary N) is 3. The second kappa shape index (κ2) is 9.58. The molecule has 1 atom stereocenters. The first-order chi connectivity index (χ1) is 13.5. The monoisotopic (exact) mass is 438 g/mol. The predicted molar refractivity (Wildman–Crippen MR) is 120 cm³/mol. The minimum atomic E-state index is 0.234. The summed E-state index contributed by atoms with van der Waals surface area (Å²) in [5, 5.41) is 9.76. The van der Waals surface area contributed by atoms with Gasteiger partial charge < -0.3 is 15.6 Å².